The fourth-order valence-electron chi connectivity index (χ4n) is 3.29. The quantitative estimate of drug-likeness (QED) is 0.863. The van der Waals surface area contributed by atoms with Crippen molar-refractivity contribution in [2.75, 3.05) is 36.0 Å². The maximum absolute atomic E-state index is 11.4. The van der Waals surface area contributed by atoms with Gasteiger partial charge in [0.05, 0.1) is 6.33 Å². The van der Waals surface area contributed by atoms with Crippen LogP contribution in [0.5, 0.6) is 0 Å². The fraction of sp³-hybridized carbons (Fsp3) is 0.467. The summed E-state index contributed by atoms with van der Waals surface area (Å²) in [5.41, 5.74) is 2.43. The number of H-pyrrole nitrogens is 1. The lowest BCUT2D eigenvalue weighted by Gasteiger charge is -2.36. The van der Waals surface area contributed by atoms with Crippen molar-refractivity contribution in [3.05, 3.63) is 40.3 Å². The van der Waals surface area contributed by atoms with E-state index in [-0.39, 0.29) is 5.56 Å². The highest BCUT2D eigenvalue weighted by atomic mass is 16.1. The molecule has 3 heterocycles. The van der Waals surface area contributed by atoms with Crippen molar-refractivity contribution in [3.8, 4) is 0 Å². The number of aryl methyl sites for hydroxylation is 1. The van der Waals surface area contributed by atoms with Crippen LogP contribution in [0.25, 0.3) is 0 Å². The summed E-state index contributed by atoms with van der Waals surface area (Å²) in [6.07, 6.45) is 6.48. The molecule has 22 heavy (non-hydrogen) atoms. The van der Waals surface area contributed by atoms with Crippen molar-refractivity contribution >= 4 is 11.6 Å². The van der Waals surface area contributed by atoms with Crippen LogP contribution in [0.15, 0.2) is 23.5 Å². The van der Waals surface area contributed by atoms with Gasteiger partial charge >= 0.3 is 0 Å². The van der Waals surface area contributed by atoms with Crippen molar-refractivity contribution in [1.82, 2.24) is 19.9 Å². The largest absolute Gasteiger partial charge is 0.353 e. The van der Waals surface area contributed by atoms with E-state index in [1.165, 1.54) is 24.0 Å². The Morgan fingerprint density at radius 3 is 2.64 bits per heavy atom. The van der Waals surface area contributed by atoms with E-state index in [1.807, 2.05) is 0 Å². The number of aromatic nitrogens is 4. The molecule has 2 aromatic heterocycles. The molecule has 0 saturated carbocycles. The summed E-state index contributed by atoms with van der Waals surface area (Å²) in [5, 5.41) is 0. The first-order valence-electron chi connectivity index (χ1n) is 7.68. The molecule has 1 N–H and O–H groups in total. The molecule has 1 saturated heterocycles. The Hall–Kier alpha value is -2.44. The van der Waals surface area contributed by atoms with E-state index in [0.717, 1.165) is 50.7 Å². The molecule has 114 valence electrons. The Morgan fingerprint density at radius 2 is 1.82 bits per heavy atom. The summed E-state index contributed by atoms with van der Waals surface area (Å²) in [4.78, 5) is 31.6. The average molecular weight is 298 g/mol. The van der Waals surface area contributed by atoms with Crippen LogP contribution in [0, 0.1) is 0 Å². The monoisotopic (exact) mass is 298 g/mol. The maximum Gasteiger partial charge on any atom is 0.252 e. The van der Waals surface area contributed by atoms with Crippen LogP contribution in [0.1, 0.15) is 17.7 Å². The number of anilines is 2. The SMILES string of the molecule is O=c1cc(N2CCN(c3ncnc4c3CCC4)CC2)nc[nH]1. The predicted octanol–water partition coefficient (Wildman–Crippen LogP) is 0.375. The lowest BCUT2D eigenvalue weighted by molar-refractivity contribution is 0.637. The zero-order valence-corrected chi connectivity index (χ0v) is 12.3. The molecule has 7 heteroatoms. The third-order valence-corrected chi connectivity index (χ3v) is 4.42. The van der Waals surface area contributed by atoms with Gasteiger partial charge in [-0.1, -0.05) is 0 Å². The molecule has 1 aliphatic heterocycles. The average Bonchev–Trinajstić information content (AvgIpc) is 3.04. The highest BCUT2D eigenvalue weighted by Gasteiger charge is 2.24. The second-order valence-corrected chi connectivity index (χ2v) is 5.72. The molecule has 4 rings (SSSR count). The second-order valence-electron chi connectivity index (χ2n) is 5.72. The van der Waals surface area contributed by atoms with Crippen LogP contribution in [0.4, 0.5) is 11.6 Å². The Morgan fingerprint density at radius 1 is 1.00 bits per heavy atom. The molecule has 0 aromatic carbocycles. The lowest BCUT2D eigenvalue weighted by atomic mass is 10.2. The van der Waals surface area contributed by atoms with E-state index in [2.05, 4.69) is 29.7 Å². The first-order valence-corrected chi connectivity index (χ1v) is 7.68. The van der Waals surface area contributed by atoms with Crippen LogP contribution < -0.4 is 15.4 Å². The van der Waals surface area contributed by atoms with Crippen molar-refractivity contribution in [3.63, 3.8) is 0 Å². The van der Waals surface area contributed by atoms with E-state index in [0.29, 0.717) is 0 Å². The Kier molecular flexibility index (Phi) is 3.25. The Labute approximate surface area is 128 Å². The summed E-state index contributed by atoms with van der Waals surface area (Å²) < 4.78 is 0. The summed E-state index contributed by atoms with van der Waals surface area (Å²) in [6, 6.07) is 1.55. The number of piperazine rings is 1. The minimum atomic E-state index is -0.110. The lowest BCUT2D eigenvalue weighted by Crippen LogP contribution is -2.47. The molecule has 7 nitrogen and oxygen atoms in total. The van der Waals surface area contributed by atoms with Gasteiger partial charge in [-0.15, -0.1) is 0 Å². The van der Waals surface area contributed by atoms with Gasteiger partial charge in [0.1, 0.15) is 18.0 Å². The van der Waals surface area contributed by atoms with Crippen LogP contribution in [0.3, 0.4) is 0 Å². The van der Waals surface area contributed by atoms with Gasteiger partial charge in [0.25, 0.3) is 5.56 Å². The van der Waals surface area contributed by atoms with E-state index in [1.54, 1.807) is 12.4 Å². The topological polar surface area (TPSA) is 78.0 Å². The molecular formula is C15H18N6O. The molecule has 0 unspecified atom stereocenters. The first-order chi connectivity index (χ1) is 10.8. The van der Waals surface area contributed by atoms with Crippen LogP contribution in [-0.4, -0.2) is 46.1 Å². The van der Waals surface area contributed by atoms with Gasteiger partial charge in [0.15, 0.2) is 0 Å². The highest BCUT2D eigenvalue weighted by molar-refractivity contribution is 5.52. The zero-order chi connectivity index (χ0) is 14.9. The van der Waals surface area contributed by atoms with Crippen LogP contribution in [-0.2, 0) is 12.8 Å². The maximum atomic E-state index is 11.4. The summed E-state index contributed by atoms with van der Waals surface area (Å²) in [7, 11) is 0. The van der Waals surface area contributed by atoms with Gasteiger partial charge < -0.3 is 14.8 Å². The van der Waals surface area contributed by atoms with Gasteiger partial charge in [0, 0.05) is 43.5 Å². The molecule has 0 bridgehead atoms. The third-order valence-electron chi connectivity index (χ3n) is 4.42. The van der Waals surface area contributed by atoms with Crippen molar-refractivity contribution in [2.45, 2.75) is 19.3 Å². The van der Waals surface area contributed by atoms with E-state index < -0.39 is 0 Å². The van der Waals surface area contributed by atoms with E-state index in [4.69, 9.17) is 0 Å². The number of hydrogen-bond donors (Lipinski definition) is 1. The molecule has 2 aliphatic rings. The third kappa shape index (κ3) is 2.32. The Balaban J connectivity index is 1.51. The normalized spacial score (nSPS) is 17.6. The molecule has 0 amide bonds. The Bertz CT molecular complexity index is 735. The molecule has 0 radical (unpaired) electrons. The summed E-state index contributed by atoms with van der Waals surface area (Å²) >= 11 is 0. The fourth-order valence-corrected chi connectivity index (χ4v) is 3.29. The van der Waals surface area contributed by atoms with Gasteiger partial charge in [-0.25, -0.2) is 15.0 Å². The van der Waals surface area contributed by atoms with Crippen molar-refractivity contribution in [2.24, 2.45) is 0 Å². The molecule has 0 spiro atoms. The standard InChI is InChI=1S/C15H18N6O/c22-14-8-13(17-10-18-14)20-4-6-21(7-5-20)15-11-2-1-3-12(11)16-9-19-15/h8-10H,1-7H2,(H,17,18,22). The minimum Gasteiger partial charge on any atom is -0.353 e. The van der Waals surface area contributed by atoms with Gasteiger partial charge in [0.2, 0.25) is 0 Å². The number of nitrogens with one attached hydrogen (secondary N) is 1. The molecular weight excluding hydrogens is 280 g/mol. The molecule has 2 aromatic rings. The summed E-state index contributed by atoms with van der Waals surface area (Å²) in [6.45, 7) is 3.46. The van der Waals surface area contributed by atoms with Crippen molar-refractivity contribution < 1.29 is 0 Å². The number of nitrogens with zero attached hydrogens (tertiary/aromatic N) is 5. The van der Waals surface area contributed by atoms with Crippen LogP contribution >= 0.6 is 0 Å². The van der Waals surface area contributed by atoms with Gasteiger partial charge in [-0.3, -0.25) is 4.79 Å². The molecule has 0 atom stereocenters. The van der Waals surface area contributed by atoms with Crippen LogP contribution in [0.2, 0.25) is 0 Å². The number of aromatic amines is 1. The zero-order valence-electron chi connectivity index (χ0n) is 12.3. The highest BCUT2D eigenvalue weighted by Crippen LogP contribution is 2.28. The molecule has 1 fully saturated rings. The minimum absolute atomic E-state index is 0.110. The number of rotatable bonds is 2. The number of fused-ring (bicyclic) bond motifs is 1. The van der Waals surface area contributed by atoms with Crippen molar-refractivity contribution in [1.29, 1.82) is 0 Å². The predicted molar refractivity (Wildman–Crippen MR) is 83.3 cm³/mol. The first kappa shape index (κ1) is 13.2. The smallest absolute Gasteiger partial charge is 0.252 e. The van der Waals surface area contributed by atoms with Gasteiger partial charge in [-0.2, -0.15) is 0 Å². The molecule has 1 aliphatic carbocycles. The second kappa shape index (κ2) is 5.40. The summed E-state index contributed by atoms with van der Waals surface area (Å²) in [5.74, 6) is 1.84. The van der Waals surface area contributed by atoms with E-state index in [9.17, 15) is 4.79 Å². The van der Waals surface area contributed by atoms with E-state index >= 15 is 0 Å². The number of hydrogen-bond acceptors (Lipinski definition) is 6. The van der Waals surface area contributed by atoms with Gasteiger partial charge in [-0.05, 0) is 19.3 Å².